The molecule has 1 heterocycles. The SMILES string of the molecule is CC/C=C\C/C=C\C/C=C\C/C=C\C/C=C\C/C=C\CCC(=O)NCC(C)(C)NC(=O)c1cccnc1. The molecule has 200 valence electrons. The van der Waals surface area contributed by atoms with Gasteiger partial charge in [-0.25, -0.2) is 0 Å². The number of hydrogen-bond acceptors (Lipinski definition) is 3. The molecule has 37 heavy (non-hydrogen) atoms. The van der Waals surface area contributed by atoms with Crippen LogP contribution in [0.15, 0.2) is 97.4 Å². The second kappa shape index (κ2) is 20.7. The summed E-state index contributed by atoms with van der Waals surface area (Å²) >= 11 is 0. The zero-order valence-corrected chi connectivity index (χ0v) is 22.9. The molecule has 2 amide bonds. The fourth-order valence-electron chi connectivity index (χ4n) is 3.18. The largest absolute Gasteiger partial charge is 0.354 e. The van der Waals surface area contributed by atoms with Crippen LogP contribution in [0.4, 0.5) is 0 Å². The van der Waals surface area contributed by atoms with Crippen molar-refractivity contribution in [3.63, 3.8) is 0 Å². The van der Waals surface area contributed by atoms with Crippen LogP contribution in [0.25, 0.3) is 0 Å². The van der Waals surface area contributed by atoms with Gasteiger partial charge in [0, 0.05) is 25.4 Å². The molecule has 0 aromatic carbocycles. The summed E-state index contributed by atoms with van der Waals surface area (Å²) in [5, 5.41) is 5.83. The van der Waals surface area contributed by atoms with Crippen LogP contribution in [0.2, 0.25) is 0 Å². The molecule has 1 rings (SSSR count). The summed E-state index contributed by atoms with van der Waals surface area (Å²) in [6.07, 6.45) is 36.1. The maximum Gasteiger partial charge on any atom is 0.253 e. The van der Waals surface area contributed by atoms with Gasteiger partial charge in [-0.1, -0.05) is 79.8 Å². The Morgan fingerprint density at radius 3 is 1.81 bits per heavy atom. The Kier molecular flexibility index (Phi) is 17.7. The molecule has 5 nitrogen and oxygen atoms in total. The molecule has 0 atom stereocenters. The first kappa shape index (κ1) is 31.6. The normalized spacial score (nSPS) is 12.7. The van der Waals surface area contributed by atoms with Crippen LogP contribution in [0.3, 0.4) is 0 Å². The van der Waals surface area contributed by atoms with E-state index in [4.69, 9.17) is 0 Å². The van der Waals surface area contributed by atoms with Crippen LogP contribution in [0.1, 0.15) is 82.5 Å². The van der Waals surface area contributed by atoms with E-state index in [1.54, 1.807) is 18.3 Å². The van der Waals surface area contributed by atoms with Gasteiger partial charge in [0.15, 0.2) is 0 Å². The fraction of sp³-hybridized carbons (Fsp3) is 0.406. The Morgan fingerprint density at radius 2 is 1.32 bits per heavy atom. The number of nitrogens with one attached hydrogen (secondary N) is 2. The highest BCUT2D eigenvalue weighted by Crippen LogP contribution is 2.05. The summed E-state index contributed by atoms with van der Waals surface area (Å²) in [6.45, 7) is 6.27. The lowest BCUT2D eigenvalue weighted by Gasteiger charge is -2.26. The molecule has 1 aromatic rings. The van der Waals surface area contributed by atoms with Crippen molar-refractivity contribution in [3.05, 3.63) is 103 Å². The van der Waals surface area contributed by atoms with Gasteiger partial charge >= 0.3 is 0 Å². The monoisotopic (exact) mass is 503 g/mol. The van der Waals surface area contributed by atoms with Crippen LogP contribution in [0, 0.1) is 0 Å². The predicted molar refractivity (Wildman–Crippen MR) is 156 cm³/mol. The van der Waals surface area contributed by atoms with Gasteiger partial charge in [0.2, 0.25) is 5.91 Å². The van der Waals surface area contributed by atoms with Gasteiger partial charge in [-0.3, -0.25) is 14.6 Å². The molecule has 5 heteroatoms. The molecule has 0 fully saturated rings. The summed E-state index contributed by atoms with van der Waals surface area (Å²) in [6, 6.07) is 3.43. The van der Waals surface area contributed by atoms with Crippen molar-refractivity contribution in [2.45, 2.75) is 77.7 Å². The molecular formula is C32H45N3O2. The molecule has 0 spiro atoms. The minimum absolute atomic E-state index is 0.0248. The number of carbonyl (C=O) groups is 2. The number of allylic oxidation sites excluding steroid dienone is 12. The molecule has 1 aromatic heterocycles. The average molecular weight is 504 g/mol. The van der Waals surface area contributed by atoms with E-state index in [-0.39, 0.29) is 11.8 Å². The van der Waals surface area contributed by atoms with Gasteiger partial charge in [0.1, 0.15) is 0 Å². The Morgan fingerprint density at radius 1 is 0.811 bits per heavy atom. The topological polar surface area (TPSA) is 71.1 Å². The van der Waals surface area contributed by atoms with E-state index in [1.807, 2.05) is 19.9 Å². The molecule has 2 N–H and O–H groups in total. The number of pyridine rings is 1. The number of rotatable bonds is 18. The first-order valence-electron chi connectivity index (χ1n) is 13.3. The molecule has 0 aliphatic carbocycles. The van der Waals surface area contributed by atoms with Crippen LogP contribution < -0.4 is 10.6 Å². The zero-order valence-electron chi connectivity index (χ0n) is 22.9. The molecule has 0 saturated heterocycles. The molecule has 0 radical (unpaired) electrons. The standard InChI is InChI=1S/C32H45N3O2/c1-4-5-6-7-8-9-10-11-12-13-14-15-16-17-18-19-20-21-22-25-30(36)34-28-32(2,3)35-31(37)29-24-23-26-33-27-29/h5-6,8-9,11-12,14-15,17-18,20-21,23-24,26-27H,4,7,10,13,16,19,22,25,28H2,1-3H3,(H,34,36)(H,35,37)/b6-5-,9-8-,12-11-,15-14-,18-17-,21-20-. The lowest BCUT2D eigenvalue weighted by molar-refractivity contribution is -0.121. The molecule has 0 unspecified atom stereocenters. The molecular weight excluding hydrogens is 458 g/mol. The number of nitrogens with zero attached hydrogens (tertiary/aromatic N) is 1. The maximum absolute atomic E-state index is 12.3. The van der Waals surface area contributed by atoms with Crippen molar-refractivity contribution in [1.82, 2.24) is 15.6 Å². The Hall–Kier alpha value is -3.47. The number of hydrogen-bond donors (Lipinski definition) is 2. The number of aromatic nitrogens is 1. The second-order valence-corrected chi connectivity index (χ2v) is 9.31. The van der Waals surface area contributed by atoms with E-state index in [9.17, 15) is 9.59 Å². The molecule has 0 saturated carbocycles. The van der Waals surface area contributed by atoms with Crippen LogP contribution in [0.5, 0.6) is 0 Å². The summed E-state index contributed by atoms with van der Waals surface area (Å²) < 4.78 is 0. The van der Waals surface area contributed by atoms with E-state index < -0.39 is 5.54 Å². The number of carbonyl (C=O) groups excluding carboxylic acids is 2. The summed E-state index contributed by atoms with van der Waals surface area (Å²) in [5.74, 6) is -0.228. The smallest absolute Gasteiger partial charge is 0.253 e. The van der Waals surface area contributed by atoms with Crippen molar-refractivity contribution in [2.24, 2.45) is 0 Å². The van der Waals surface area contributed by atoms with Gasteiger partial charge in [-0.15, -0.1) is 0 Å². The summed E-state index contributed by atoms with van der Waals surface area (Å²) in [4.78, 5) is 28.4. The van der Waals surface area contributed by atoms with Crippen LogP contribution in [-0.4, -0.2) is 28.9 Å². The Labute approximate surface area is 224 Å². The van der Waals surface area contributed by atoms with Crippen LogP contribution >= 0.6 is 0 Å². The second-order valence-electron chi connectivity index (χ2n) is 9.31. The van der Waals surface area contributed by atoms with Crippen molar-refractivity contribution < 1.29 is 9.59 Å². The number of amides is 2. The molecule has 0 aliphatic heterocycles. The Bertz CT molecular complexity index is 938. The van der Waals surface area contributed by atoms with Crippen LogP contribution in [-0.2, 0) is 4.79 Å². The lowest BCUT2D eigenvalue weighted by Crippen LogP contribution is -2.51. The van der Waals surface area contributed by atoms with Crippen molar-refractivity contribution in [1.29, 1.82) is 0 Å². The van der Waals surface area contributed by atoms with Crippen molar-refractivity contribution in [3.8, 4) is 0 Å². The highest BCUT2D eigenvalue weighted by Gasteiger charge is 2.21. The highest BCUT2D eigenvalue weighted by molar-refractivity contribution is 5.94. The minimum atomic E-state index is -0.559. The molecule has 0 aliphatic rings. The van der Waals surface area contributed by atoms with E-state index in [2.05, 4.69) is 89.4 Å². The third kappa shape index (κ3) is 18.5. The third-order valence-electron chi connectivity index (χ3n) is 5.24. The average Bonchev–Trinajstić information content (AvgIpc) is 2.89. The summed E-state index contributed by atoms with van der Waals surface area (Å²) in [5.41, 5.74) is -0.0591. The van der Waals surface area contributed by atoms with Crippen molar-refractivity contribution in [2.75, 3.05) is 6.54 Å². The van der Waals surface area contributed by atoms with E-state index in [0.717, 1.165) is 38.5 Å². The van der Waals surface area contributed by atoms with E-state index in [0.29, 0.717) is 24.9 Å². The van der Waals surface area contributed by atoms with E-state index >= 15 is 0 Å². The summed E-state index contributed by atoms with van der Waals surface area (Å²) in [7, 11) is 0. The first-order chi connectivity index (χ1) is 17.9. The minimum Gasteiger partial charge on any atom is -0.354 e. The van der Waals surface area contributed by atoms with Crippen molar-refractivity contribution >= 4 is 11.8 Å². The van der Waals surface area contributed by atoms with Gasteiger partial charge in [0.05, 0.1) is 11.1 Å². The van der Waals surface area contributed by atoms with Gasteiger partial charge in [-0.05, 0) is 70.9 Å². The van der Waals surface area contributed by atoms with Gasteiger partial charge < -0.3 is 10.6 Å². The van der Waals surface area contributed by atoms with E-state index in [1.165, 1.54) is 6.20 Å². The zero-order chi connectivity index (χ0) is 27.0. The maximum atomic E-state index is 12.3. The quantitative estimate of drug-likeness (QED) is 0.208. The predicted octanol–water partition coefficient (Wildman–Crippen LogP) is 7.18. The first-order valence-corrected chi connectivity index (χ1v) is 13.3. The van der Waals surface area contributed by atoms with Gasteiger partial charge in [-0.2, -0.15) is 0 Å². The molecule has 0 bridgehead atoms. The highest BCUT2D eigenvalue weighted by atomic mass is 16.2. The Balaban J connectivity index is 2.08. The van der Waals surface area contributed by atoms with Gasteiger partial charge in [0.25, 0.3) is 5.91 Å². The third-order valence-corrected chi connectivity index (χ3v) is 5.24. The fourth-order valence-corrected chi connectivity index (χ4v) is 3.18. The lowest BCUT2D eigenvalue weighted by atomic mass is 10.0.